The van der Waals surface area contributed by atoms with E-state index in [4.69, 9.17) is 4.74 Å². The number of methoxy groups -OCH3 is 1. The van der Waals surface area contributed by atoms with Gasteiger partial charge in [0.25, 0.3) is 5.91 Å². The van der Waals surface area contributed by atoms with Crippen LogP contribution in [0.1, 0.15) is 52.7 Å². The minimum Gasteiger partial charge on any atom is -0.497 e. The standard InChI is InChI=1S/C20H24N2O3S/c1-13(23)21-16-10-9-15(25-2)12-17(16)22-20(24)19-11-14-7-5-3-4-6-8-18(14)26-19/h9-12H,3-8H2,1-2H3,(H,21,23)(H,22,24). The number of thiophene rings is 1. The Kier molecular flexibility index (Phi) is 5.93. The van der Waals surface area contributed by atoms with Gasteiger partial charge >= 0.3 is 0 Å². The molecule has 1 aliphatic carbocycles. The first-order valence-corrected chi connectivity index (χ1v) is 9.77. The van der Waals surface area contributed by atoms with Gasteiger partial charge in [0.1, 0.15) is 5.75 Å². The van der Waals surface area contributed by atoms with E-state index in [0.29, 0.717) is 22.0 Å². The number of amides is 2. The summed E-state index contributed by atoms with van der Waals surface area (Å²) in [5.74, 6) is 0.277. The molecule has 138 valence electrons. The Balaban J connectivity index is 1.83. The van der Waals surface area contributed by atoms with Gasteiger partial charge in [0.15, 0.2) is 0 Å². The van der Waals surface area contributed by atoms with Crippen molar-refractivity contribution in [3.8, 4) is 5.75 Å². The summed E-state index contributed by atoms with van der Waals surface area (Å²) in [6.07, 6.45) is 7.02. The number of benzene rings is 1. The summed E-state index contributed by atoms with van der Waals surface area (Å²) in [6, 6.07) is 7.22. The molecule has 5 nitrogen and oxygen atoms in total. The second-order valence-electron chi connectivity index (χ2n) is 6.52. The topological polar surface area (TPSA) is 67.4 Å². The van der Waals surface area contributed by atoms with Crippen LogP contribution in [0.3, 0.4) is 0 Å². The Morgan fingerprint density at radius 2 is 1.77 bits per heavy atom. The molecule has 0 radical (unpaired) electrons. The molecule has 0 saturated heterocycles. The molecule has 6 heteroatoms. The number of rotatable bonds is 4. The zero-order valence-corrected chi connectivity index (χ0v) is 16.0. The molecule has 26 heavy (non-hydrogen) atoms. The molecule has 0 aliphatic heterocycles. The molecule has 2 N–H and O–H groups in total. The Bertz CT molecular complexity index is 788. The van der Waals surface area contributed by atoms with Crippen LogP contribution in [0.5, 0.6) is 5.75 Å². The zero-order valence-electron chi connectivity index (χ0n) is 15.2. The van der Waals surface area contributed by atoms with Crippen molar-refractivity contribution < 1.29 is 14.3 Å². The van der Waals surface area contributed by atoms with E-state index in [0.717, 1.165) is 12.8 Å². The molecular weight excluding hydrogens is 348 g/mol. The molecule has 1 aromatic carbocycles. The molecule has 3 rings (SSSR count). The number of aryl methyl sites for hydroxylation is 2. The Morgan fingerprint density at radius 3 is 2.50 bits per heavy atom. The summed E-state index contributed by atoms with van der Waals surface area (Å²) in [7, 11) is 1.57. The molecule has 0 fully saturated rings. The highest BCUT2D eigenvalue weighted by molar-refractivity contribution is 7.14. The van der Waals surface area contributed by atoms with Crippen LogP contribution in [0, 0.1) is 0 Å². The number of hydrogen-bond acceptors (Lipinski definition) is 4. The third-order valence-electron chi connectivity index (χ3n) is 4.51. The Labute approximate surface area is 157 Å². The van der Waals surface area contributed by atoms with Crippen LogP contribution in [0.4, 0.5) is 11.4 Å². The van der Waals surface area contributed by atoms with Crippen molar-refractivity contribution in [2.24, 2.45) is 0 Å². The van der Waals surface area contributed by atoms with Crippen molar-refractivity contribution in [3.05, 3.63) is 39.6 Å². The van der Waals surface area contributed by atoms with Crippen molar-refractivity contribution >= 4 is 34.5 Å². The quantitative estimate of drug-likeness (QED) is 0.822. The van der Waals surface area contributed by atoms with E-state index in [1.165, 1.54) is 43.0 Å². The van der Waals surface area contributed by atoms with Crippen LogP contribution in [0.2, 0.25) is 0 Å². The molecule has 0 bridgehead atoms. The van der Waals surface area contributed by atoms with E-state index in [-0.39, 0.29) is 11.8 Å². The van der Waals surface area contributed by atoms with Gasteiger partial charge in [-0.3, -0.25) is 9.59 Å². The molecule has 2 amide bonds. The molecule has 0 unspecified atom stereocenters. The van der Waals surface area contributed by atoms with Gasteiger partial charge in [-0.15, -0.1) is 11.3 Å². The second kappa shape index (κ2) is 8.36. The minimum atomic E-state index is -0.190. The van der Waals surface area contributed by atoms with Crippen LogP contribution in [-0.2, 0) is 17.6 Å². The minimum absolute atomic E-state index is 0.151. The lowest BCUT2D eigenvalue weighted by Crippen LogP contribution is -2.14. The number of carbonyl (C=O) groups is 2. The molecule has 1 aromatic heterocycles. The molecule has 0 saturated carbocycles. The maximum absolute atomic E-state index is 12.8. The van der Waals surface area contributed by atoms with Crippen LogP contribution in [0.25, 0.3) is 0 Å². The number of nitrogens with one attached hydrogen (secondary N) is 2. The fourth-order valence-corrected chi connectivity index (χ4v) is 4.34. The maximum atomic E-state index is 12.8. The smallest absolute Gasteiger partial charge is 0.265 e. The van der Waals surface area contributed by atoms with E-state index >= 15 is 0 Å². The normalized spacial score (nSPS) is 13.9. The molecule has 1 aliphatic rings. The van der Waals surface area contributed by atoms with Crippen molar-refractivity contribution in [2.75, 3.05) is 17.7 Å². The summed E-state index contributed by atoms with van der Waals surface area (Å²) >= 11 is 1.58. The van der Waals surface area contributed by atoms with Crippen molar-refractivity contribution in [1.82, 2.24) is 0 Å². The lowest BCUT2D eigenvalue weighted by Gasteiger charge is -2.12. The third kappa shape index (κ3) is 4.43. The average Bonchev–Trinajstić information content (AvgIpc) is 2.98. The fraction of sp³-hybridized carbons (Fsp3) is 0.400. The fourth-order valence-electron chi connectivity index (χ4n) is 3.19. The first kappa shape index (κ1) is 18.5. The van der Waals surface area contributed by atoms with Gasteiger partial charge < -0.3 is 15.4 Å². The highest BCUT2D eigenvalue weighted by Gasteiger charge is 2.17. The first-order valence-electron chi connectivity index (χ1n) is 8.95. The predicted molar refractivity (Wildman–Crippen MR) is 105 cm³/mol. The SMILES string of the molecule is COc1ccc(NC(C)=O)c(NC(=O)c2cc3c(s2)CCCCCC3)c1. The maximum Gasteiger partial charge on any atom is 0.265 e. The summed E-state index contributed by atoms with van der Waals surface area (Å²) in [5.41, 5.74) is 2.40. The highest BCUT2D eigenvalue weighted by Crippen LogP contribution is 2.31. The second-order valence-corrected chi connectivity index (χ2v) is 7.66. The van der Waals surface area contributed by atoms with Crippen LogP contribution in [-0.4, -0.2) is 18.9 Å². The molecule has 1 heterocycles. The van der Waals surface area contributed by atoms with Crippen LogP contribution >= 0.6 is 11.3 Å². The third-order valence-corrected chi connectivity index (χ3v) is 5.74. The summed E-state index contributed by atoms with van der Waals surface area (Å²) in [5, 5.41) is 5.67. The molecular formula is C20H24N2O3S. The summed E-state index contributed by atoms with van der Waals surface area (Å²) in [4.78, 5) is 26.3. The van der Waals surface area contributed by atoms with E-state index < -0.39 is 0 Å². The van der Waals surface area contributed by atoms with Crippen molar-refractivity contribution in [3.63, 3.8) is 0 Å². The monoisotopic (exact) mass is 372 g/mol. The molecule has 0 atom stereocenters. The van der Waals surface area contributed by atoms with Gasteiger partial charge in [-0.25, -0.2) is 0 Å². The molecule has 2 aromatic rings. The van der Waals surface area contributed by atoms with E-state index in [9.17, 15) is 9.59 Å². The first-order chi connectivity index (χ1) is 12.6. The van der Waals surface area contributed by atoms with Gasteiger partial charge in [0.05, 0.1) is 23.4 Å². The number of anilines is 2. The van der Waals surface area contributed by atoms with Gasteiger partial charge in [-0.1, -0.05) is 12.8 Å². The van der Waals surface area contributed by atoms with E-state index in [1.54, 1.807) is 36.6 Å². The lowest BCUT2D eigenvalue weighted by molar-refractivity contribution is -0.114. The van der Waals surface area contributed by atoms with Crippen molar-refractivity contribution in [1.29, 1.82) is 0 Å². The lowest BCUT2D eigenvalue weighted by atomic mass is 10.00. The summed E-state index contributed by atoms with van der Waals surface area (Å²) < 4.78 is 5.23. The Morgan fingerprint density at radius 1 is 1.00 bits per heavy atom. The van der Waals surface area contributed by atoms with E-state index in [1.807, 2.05) is 6.07 Å². The van der Waals surface area contributed by atoms with Crippen molar-refractivity contribution in [2.45, 2.75) is 45.4 Å². The highest BCUT2D eigenvalue weighted by atomic mass is 32.1. The predicted octanol–water partition coefficient (Wildman–Crippen LogP) is 4.63. The van der Waals surface area contributed by atoms with Crippen LogP contribution in [0.15, 0.2) is 24.3 Å². The van der Waals surface area contributed by atoms with Crippen LogP contribution < -0.4 is 15.4 Å². The largest absolute Gasteiger partial charge is 0.497 e. The number of ether oxygens (including phenoxy) is 1. The van der Waals surface area contributed by atoms with Gasteiger partial charge in [-0.2, -0.15) is 0 Å². The van der Waals surface area contributed by atoms with E-state index in [2.05, 4.69) is 10.6 Å². The average molecular weight is 372 g/mol. The molecule has 0 spiro atoms. The van der Waals surface area contributed by atoms with Gasteiger partial charge in [0.2, 0.25) is 5.91 Å². The number of carbonyl (C=O) groups excluding carboxylic acids is 2. The van der Waals surface area contributed by atoms with Gasteiger partial charge in [0, 0.05) is 17.9 Å². The van der Waals surface area contributed by atoms with Gasteiger partial charge in [-0.05, 0) is 49.4 Å². The number of fused-ring (bicyclic) bond motifs is 1. The Hall–Kier alpha value is -2.34. The number of hydrogen-bond donors (Lipinski definition) is 2. The zero-order chi connectivity index (χ0) is 18.5. The summed E-state index contributed by atoms with van der Waals surface area (Å²) in [6.45, 7) is 1.44.